The summed E-state index contributed by atoms with van der Waals surface area (Å²) in [6.45, 7) is 2.12. The lowest BCUT2D eigenvalue weighted by Crippen LogP contribution is -2.29. The molecular formula is C20H32O5. The van der Waals surface area contributed by atoms with E-state index in [-0.39, 0.29) is 18.1 Å². The molecule has 0 aromatic rings. The van der Waals surface area contributed by atoms with Crippen molar-refractivity contribution in [3.8, 4) is 0 Å². The van der Waals surface area contributed by atoms with Crippen molar-refractivity contribution in [1.29, 1.82) is 0 Å². The average Bonchev–Trinajstić information content (AvgIpc) is 2.93. The van der Waals surface area contributed by atoms with E-state index in [1.807, 2.05) is 6.08 Å². The molecule has 5 nitrogen and oxygen atoms in total. The van der Waals surface area contributed by atoms with Crippen LogP contribution in [0.3, 0.4) is 0 Å². The quantitative estimate of drug-likeness (QED) is 0.349. The molecule has 0 heterocycles. The number of aliphatic hydroxyl groups is 2. The van der Waals surface area contributed by atoms with Crippen molar-refractivity contribution in [3.63, 3.8) is 0 Å². The van der Waals surface area contributed by atoms with E-state index in [2.05, 4.69) is 6.92 Å². The highest BCUT2D eigenvalue weighted by atomic mass is 16.4. The van der Waals surface area contributed by atoms with Gasteiger partial charge in [-0.1, -0.05) is 57.3 Å². The second-order valence-electron chi connectivity index (χ2n) is 6.87. The van der Waals surface area contributed by atoms with Crippen LogP contribution in [0.4, 0.5) is 0 Å². The fraction of sp³-hybridized carbons (Fsp3) is 0.700. The van der Waals surface area contributed by atoms with Crippen LogP contribution < -0.4 is 0 Å². The van der Waals surface area contributed by atoms with Gasteiger partial charge < -0.3 is 15.3 Å². The minimum atomic E-state index is -0.807. The Morgan fingerprint density at radius 3 is 2.56 bits per heavy atom. The Kier molecular flexibility index (Phi) is 10.3. The number of carboxylic acid groups (broad SMARTS) is 1. The fourth-order valence-electron chi connectivity index (χ4n) is 3.20. The van der Waals surface area contributed by atoms with Crippen molar-refractivity contribution >= 4 is 11.8 Å². The lowest BCUT2D eigenvalue weighted by molar-refractivity contribution is -0.137. The normalized spacial score (nSPS) is 22.6. The molecule has 25 heavy (non-hydrogen) atoms. The summed E-state index contributed by atoms with van der Waals surface area (Å²) in [4.78, 5) is 22.5. The van der Waals surface area contributed by atoms with Crippen molar-refractivity contribution in [1.82, 2.24) is 0 Å². The SMILES string of the molecule is CCCCCC(O)C=CC1C=CC(=O)C1C(O)CCCCCC(=O)O. The number of carbonyl (C=O) groups is 2. The zero-order valence-corrected chi connectivity index (χ0v) is 15.1. The maximum Gasteiger partial charge on any atom is 0.303 e. The maximum atomic E-state index is 12.0. The molecule has 4 unspecified atom stereocenters. The highest BCUT2D eigenvalue weighted by molar-refractivity contribution is 5.95. The number of hydrogen-bond donors (Lipinski definition) is 3. The van der Waals surface area contributed by atoms with E-state index >= 15 is 0 Å². The van der Waals surface area contributed by atoms with Gasteiger partial charge in [0.25, 0.3) is 0 Å². The van der Waals surface area contributed by atoms with Gasteiger partial charge in [-0.05, 0) is 25.3 Å². The van der Waals surface area contributed by atoms with Gasteiger partial charge in [0.2, 0.25) is 0 Å². The molecule has 0 spiro atoms. The molecule has 0 saturated carbocycles. The molecule has 0 aromatic heterocycles. The number of ketones is 1. The van der Waals surface area contributed by atoms with E-state index in [1.165, 1.54) is 6.08 Å². The number of rotatable bonds is 13. The van der Waals surface area contributed by atoms with E-state index in [4.69, 9.17) is 5.11 Å². The molecule has 0 aliphatic heterocycles. The molecular weight excluding hydrogens is 320 g/mol. The number of unbranched alkanes of at least 4 members (excludes halogenated alkanes) is 4. The summed E-state index contributed by atoms with van der Waals surface area (Å²) in [5.74, 6) is -1.55. The van der Waals surface area contributed by atoms with E-state index in [0.717, 1.165) is 25.7 Å². The number of aliphatic hydroxyl groups excluding tert-OH is 2. The summed E-state index contributed by atoms with van der Waals surface area (Å²) >= 11 is 0. The fourth-order valence-corrected chi connectivity index (χ4v) is 3.20. The molecule has 0 amide bonds. The van der Waals surface area contributed by atoms with Gasteiger partial charge in [-0.3, -0.25) is 9.59 Å². The van der Waals surface area contributed by atoms with Crippen LogP contribution in [0.15, 0.2) is 24.3 Å². The molecule has 0 fully saturated rings. The van der Waals surface area contributed by atoms with Gasteiger partial charge in [0.05, 0.1) is 18.1 Å². The Labute approximate surface area is 150 Å². The first-order chi connectivity index (χ1) is 12.0. The number of carbonyl (C=O) groups excluding carboxylic acids is 1. The first-order valence-corrected chi connectivity index (χ1v) is 9.44. The maximum absolute atomic E-state index is 12.0. The standard InChI is InChI=1S/C20H32O5/c1-2-3-5-8-16(21)13-11-15-12-14-18(23)20(15)17(22)9-6-4-7-10-19(24)25/h11-17,20-22H,2-10H2,1H3,(H,24,25). The lowest BCUT2D eigenvalue weighted by Gasteiger charge is -2.21. The molecule has 1 aliphatic carbocycles. The van der Waals surface area contributed by atoms with Crippen LogP contribution in [0.5, 0.6) is 0 Å². The molecule has 1 aliphatic rings. The molecule has 5 heteroatoms. The summed E-state index contributed by atoms with van der Waals surface area (Å²) in [6.07, 6.45) is 12.2. The Bertz CT molecular complexity index is 469. The van der Waals surface area contributed by atoms with Crippen molar-refractivity contribution in [2.75, 3.05) is 0 Å². The van der Waals surface area contributed by atoms with Gasteiger partial charge >= 0.3 is 5.97 Å². The lowest BCUT2D eigenvalue weighted by atomic mass is 9.86. The molecule has 142 valence electrons. The number of carboxylic acids is 1. The Balaban J connectivity index is 2.42. The summed E-state index contributed by atoms with van der Waals surface area (Å²) in [5.41, 5.74) is 0. The second kappa shape index (κ2) is 12.0. The van der Waals surface area contributed by atoms with Crippen molar-refractivity contribution in [2.24, 2.45) is 11.8 Å². The third kappa shape index (κ3) is 8.45. The van der Waals surface area contributed by atoms with Crippen molar-refractivity contribution < 1.29 is 24.9 Å². The molecule has 0 bridgehead atoms. The number of aliphatic carboxylic acids is 1. The van der Waals surface area contributed by atoms with Crippen LogP contribution in [0.1, 0.15) is 64.7 Å². The van der Waals surface area contributed by atoms with Gasteiger partial charge in [0.15, 0.2) is 5.78 Å². The second-order valence-corrected chi connectivity index (χ2v) is 6.87. The minimum Gasteiger partial charge on any atom is -0.481 e. The van der Waals surface area contributed by atoms with Crippen LogP contribution in [0, 0.1) is 11.8 Å². The van der Waals surface area contributed by atoms with Crippen LogP contribution in [-0.4, -0.2) is 39.3 Å². The van der Waals surface area contributed by atoms with Gasteiger partial charge in [0, 0.05) is 12.3 Å². The highest BCUT2D eigenvalue weighted by Crippen LogP contribution is 2.29. The Morgan fingerprint density at radius 1 is 1.16 bits per heavy atom. The zero-order valence-electron chi connectivity index (χ0n) is 15.1. The van der Waals surface area contributed by atoms with Gasteiger partial charge in [-0.25, -0.2) is 0 Å². The third-order valence-corrected chi connectivity index (χ3v) is 4.69. The van der Waals surface area contributed by atoms with E-state index in [9.17, 15) is 19.8 Å². The largest absolute Gasteiger partial charge is 0.481 e. The molecule has 3 N–H and O–H groups in total. The van der Waals surface area contributed by atoms with Gasteiger partial charge in [-0.2, -0.15) is 0 Å². The predicted molar refractivity (Wildman–Crippen MR) is 97.1 cm³/mol. The molecule has 0 aromatic carbocycles. The highest BCUT2D eigenvalue weighted by Gasteiger charge is 2.34. The van der Waals surface area contributed by atoms with Gasteiger partial charge in [-0.15, -0.1) is 0 Å². The zero-order chi connectivity index (χ0) is 18.7. The van der Waals surface area contributed by atoms with E-state index in [1.54, 1.807) is 12.2 Å². The minimum absolute atomic E-state index is 0.0758. The van der Waals surface area contributed by atoms with Gasteiger partial charge in [0.1, 0.15) is 0 Å². The summed E-state index contributed by atoms with van der Waals surface area (Å²) in [5, 5.41) is 28.9. The number of hydrogen-bond acceptors (Lipinski definition) is 4. The summed E-state index contributed by atoms with van der Waals surface area (Å²) < 4.78 is 0. The first-order valence-electron chi connectivity index (χ1n) is 9.44. The Hall–Kier alpha value is -1.46. The third-order valence-electron chi connectivity index (χ3n) is 4.69. The number of allylic oxidation sites excluding steroid dienone is 3. The molecule has 0 saturated heterocycles. The average molecular weight is 352 g/mol. The summed E-state index contributed by atoms with van der Waals surface area (Å²) in [7, 11) is 0. The first kappa shape index (κ1) is 21.6. The van der Waals surface area contributed by atoms with Crippen LogP contribution in [0.2, 0.25) is 0 Å². The topological polar surface area (TPSA) is 94.8 Å². The van der Waals surface area contributed by atoms with Crippen molar-refractivity contribution in [2.45, 2.75) is 76.9 Å². The predicted octanol–water partition coefficient (Wildman–Crippen LogP) is 3.25. The molecule has 1 rings (SSSR count). The summed E-state index contributed by atoms with van der Waals surface area (Å²) in [6, 6.07) is 0. The monoisotopic (exact) mass is 352 g/mol. The van der Waals surface area contributed by atoms with E-state index < -0.39 is 24.1 Å². The van der Waals surface area contributed by atoms with Crippen LogP contribution in [0.25, 0.3) is 0 Å². The van der Waals surface area contributed by atoms with E-state index in [0.29, 0.717) is 25.7 Å². The van der Waals surface area contributed by atoms with Crippen LogP contribution >= 0.6 is 0 Å². The van der Waals surface area contributed by atoms with Crippen LogP contribution in [-0.2, 0) is 9.59 Å². The molecule has 4 atom stereocenters. The van der Waals surface area contributed by atoms with Crippen molar-refractivity contribution in [3.05, 3.63) is 24.3 Å². The Morgan fingerprint density at radius 2 is 1.88 bits per heavy atom. The smallest absolute Gasteiger partial charge is 0.303 e. The molecule has 0 radical (unpaired) electrons.